The third kappa shape index (κ3) is 19.0. The van der Waals surface area contributed by atoms with Crippen molar-refractivity contribution in [1.82, 2.24) is 0 Å². The Morgan fingerprint density at radius 2 is 0.173 bits per heavy atom. The number of ether oxygens (including phenoxy) is 20. The van der Waals surface area contributed by atoms with Gasteiger partial charge in [-0.15, -0.1) is 0 Å². The molecule has 30 N–H and O–H groups in total. The van der Waals surface area contributed by atoms with E-state index in [1.54, 1.807) is 0 Å². The second-order valence-electron chi connectivity index (χ2n) is 28.5. The summed E-state index contributed by atoms with van der Waals surface area (Å²) in [5.74, 6) is 0. The first-order chi connectivity index (χ1) is 52.0. The zero-order valence-corrected chi connectivity index (χ0v) is 57.5. The van der Waals surface area contributed by atoms with Crippen LogP contribution in [0.4, 0.5) is 0 Å². The van der Waals surface area contributed by atoms with Crippen molar-refractivity contribution in [2.45, 2.75) is 307 Å². The number of hydrogen-bond donors (Lipinski definition) is 30. The van der Waals surface area contributed by atoms with Gasteiger partial charge in [-0.2, -0.15) is 0 Å². The zero-order chi connectivity index (χ0) is 80.1. The van der Waals surface area contributed by atoms with Crippen LogP contribution in [-0.4, -0.2) is 526 Å². The van der Waals surface area contributed by atoms with Gasteiger partial charge in [0.05, 0.1) is 66.1 Å². The van der Waals surface area contributed by atoms with Crippen molar-refractivity contribution in [2.75, 3.05) is 66.1 Å². The average molecular weight is 1620 g/mol. The summed E-state index contributed by atoms with van der Waals surface area (Å²) >= 11 is 0. The SMILES string of the molecule is O[C@@H]1[C@@H](O)[C@H]2OC[C@H]3O[C@H](OC[C@H]4O[C@H](OC[C@H]5O[C@H](OC[C@H]6O[C@H](OC[C@H]7O[C@H](OC[C@H]8O[C@H](OC[C@H]9O[C@H](OC[C@H]%10O[C@H](OC[C@H]%11O[C@H](OC[C@@H](O2)[C@H]1O)[C@H](O)[C@@H](O)[C@@H]%11O)[C@H](O)[C@@H](O)[C@@H]%10O)[C@H](O)[C@@H](O)[C@@H]9O)[C@H](O)[C@@H](O)[C@@H]8O)[C@H](O)[C@@H](O)[C@@H]7O)[C@H](O)[C@@H](O)[C@@H]6O)[C@H](O)[C@@H](O)[C@@H]5O)[C@H](O)[C@@H](O)[C@@H]4O)[C@H](O)[C@@H](O)[C@@H]3O. The third-order valence-electron chi connectivity index (χ3n) is 20.9. The standard InChI is InChI=1S/C60H100O50/c61-21-11-1-91-51-41(81)32(72)22(62)12(102-51)2-93-53-43(83)34(74)24(64)14(104-53)4-95-55-45(85)36(76)26(66)16(106-55)6-97-57-47(87)38(78)28(68)18(108-57)8-99-59-49(89)40(80)30(70)20(110-59)10-100-60-50(90)39(79)29(69)19(109-60)9-98-58-48(88)37(77)27(67)17(107-58)7-96-56-46(86)35(75)25(65)15(105-56)5-94-54-44(84)33(73)23(63)13(103-54)3-92-52(101-11)42(82)31(21)71/h11-90H,1-10H2/t11-,12-,13-,14-,15-,16-,17-,18-,19-,20-,21-,22-,23-,24-,25-,26-,27-,28-,29-,30-,31+,32+,33+,34+,35+,36+,37+,38+,39+,40+,41-,42-,43-,44-,45-,46-,47-,48-,49-,50-,51+,52+,53+,54+,55+,56+,57+,58+,59+,60+/m1/s1. The van der Waals surface area contributed by atoms with E-state index >= 15 is 0 Å². The van der Waals surface area contributed by atoms with E-state index in [4.69, 9.17) is 94.7 Å². The zero-order valence-electron chi connectivity index (χ0n) is 57.5. The van der Waals surface area contributed by atoms with E-state index in [2.05, 4.69) is 0 Å². The molecule has 640 valence electrons. The van der Waals surface area contributed by atoms with Crippen LogP contribution in [0.2, 0.25) is 0 Å². The molecule has 11 aliphatic heterocycles. The van der Waals surface area contributed by atoms with E-state index in [-0.39, 0.29) is 0 Å². The average Bonchev–Trinajstić information content (AvgIpc) is 0.799. The summed E-state index contributed by atoms with van der Waals surface area (Å²) in [6, 6.07) is 0. The number of hydrogen-bond acceptors (Lipinski definition) is 50. The van der Waals surface area contributed by atoms with Crippen LogP contribution in [0.5, 0.6) is 0 Å². The van der Waals surface area contributed by atoms with Crippen molar-refractivity contribution >= 4 is 0 Å². The van der Waals surface area contributed by atoms with Crippen LogP contribution in [0.3, 0.4) is 0 Å². The fraction of sp³-hybridized carbons (Fsp3) is 1.00. The van der Waals surface area contributed by atoms with Crippen molar-refractivity contribution in [3.05, 3.63) is 0 Å². The number of rotatable bonds is 0. The van der Waals surface area contributed by atoms with Crippen LogP contribution in [-0.2, 0) is 94.7 Å². The van der Waals surface area contributed by atoms with Gasteiger partial charge in [-0.25, -0.2) is 0 Å². The highest BCUT2D eigenvalue weighted by atomic mass is 16.8. The molecule has 0 aromatic carbocycles. The van der Waals surface area contributed by atoms with Gasteiger partial charge in [0.15, 0.2) is 62.9 Å². The van der Waals surface area contributed by atoms with Crippen molar-refractivity contribution in [2.24, 2.45) is 0 Å². The number of aliphatic hydroxyl groups is 30. The summed E-state index contributed by atoms with van der Waals surface area (Å²) in [6.45, 7) is -9.10. The normalized spacial score (nSPS) is 56.5. The second kappa shape index (κ2) is 37.9. The van der Waals surface area contributed by atoms with Crippen LogP contribution < -0.4 is 0 Å². The minimum atomic E-state index is -2.13. The maximum atomic E-state index is 11.0. The Kier molecular flexibility index (Phi) is 30.6. The fourth-order valence-corrected chi connectivity index (χ4v) is 13.8. The fourth-order valence-electron chi connectivity index (χ4n) is 13.8. The maximum Gasteiger partial charge on any atom is 0.186 e. The van der Waals surface area contributed by atoms with Crippen molar-refractivity contribution in [3.63, 3.8) is 0 Å². The summed E-state index contributed by atoms with van der Waals surface area (Å²) in [5.41, 5.74) is 0. The Hall–Kier alpha value is -2.00. The molecule has 20 bridgehead atoms. The molecule has 0 aromatic rings. The van der Waals surface area contributed by atoms with Crippen molar-refractivity contribution in [1.29, 1.82) is 0 Å². The first-order valence-corrected chi connectivity index (χ1v) is 35.1. The number of fused-ring (bicyclic) bond motifs is 20. The highest BCUT2D eigenvalue weighted by molar-refractivity contribution is 5.00. The minimum absolute atomic E-state index is 0.910. The van der Waals surface area contributed by atoms with E-state index in [0.717, 1.165) is 0 Å². The van der Waals surface area contributed by atoms with Gasteiger partial charge in [-0.3, -0.25) is 0 Å². The van der Waals surface area contributed by atoms with E-state index in [1.807, 2.05) is 0 Å². The molecule has 0 unspecified atom stereocenters. The predicted molar refractivity (Wildman–Crippen MR) is 326 cm³/mol. The molecular formula is C60H100O50. The maximum absolute atomic E-state index is 11.0. The molecular weight excluding hydrogens is 1520 g/mol. The summed E-state index contributed by atoms with van der Waals surface area (Å²) < 4.78 is 113. The molecule has 0 saturated carbocycles. The Labute approximate surface area is 619 Å². The van der Waals surface area contributed by atoms with Crippen LogP contribution in [0.15, 0.2) is 0 Å². The first kappa shape index (κ1) is 88.8. The Morgan fingerprint density at radius 3 is 0.245 bits per heavy atom. The topological polar surface area (TPSA) is 792 Å². The van der Waals surface area contributed by atoms with Gasteiger partial charge in [0.25, 0.3) is 0 Å². The van der Waals surface area contributed by atoms with Crippen molar-refractivity contribution < 1.29 is 248 Å². The molecule has 11 rings (SSSR count). The van der Waals surface area contributed by atoms with E-state index < -0.39 is 373 Å². The van der Waals surface area contributed by atoms with Gasteiger partial charge in [0.2, 0.25) is 0 Å². The molecule has 11 aliphatic rings. The third-order valence-corrected chi connectivity index (χ3v) is 20.9. The lowest BCUT2D eigenvalue weighted by atomic mass is 9.97. The first-order valence-electron chi connectivity index (χ1n) is 35.1. The van der Waals surface area contributed by atoms with E-state index in [9.17, 15) is 153 Å². The molecule has 11 saturated heterocycles. The second-order valence-corrected chi connectivity index (χ2v) is 28.5. The summed E-state index contributed by atoms with van der Waals surface area (Å²) in [5, 5.41) is 328. The summed E-state index contributed by atoms with van der Waals surface area (Å²) in [6.07, 6.45) is -100. The molecule has 0 radical (unpaired) electrons. The molecule has 0 spiro atoms. The lowest BCUT2D eigenvalue weighted by Gasteiger charge is -2.45. The Balaban J connectivity index is 0.787. The predicted octanol–water partition coefficient (Wildman–Crippen LogP) is -21.8. The lowest BCUT2D eigenvalue weighted by molar-refractivity contribution is -0.357. The summed E-state index contributed by atoms with van der Waals surface area (Å²) in [4.78, 5) is 0. The smallest absolute Gasteiger partial charge is 0.186 e. The molecule has 0 amide bonds. The molecule has 50 nitrogen and oxygen atoms in total. The molecule has 11 fully saturated rings. The van der Waals surface area contributed by atoms with Crippen LogP contribution >= 0.6 is 0 Å². The largest absolute Gasteiger partial charge is 0.387 e. The van der Waals surface area contributed by atoms with Gasteiger partial charge in [-0.05, 0) is 0 Å². The Morgan fingerprint density at radius 1 is 0.100 bits per heavy atom. The highest BCUT2D eigenvalue weighted by Gasteiger charge is 2.57. The molecule has 0 aromatic heterocycles. The molecule has 11 heterocycles. The Bertz CT molecular complexity index is 2050. The number of aliphatic hydroxyl groups excluding tert-OH is 30. The van der Waals surface area contributed by atoms with Crippen LogP contribution in [0.25, 0.3) is 0 Å². The van der Waals surface area contributed by atoms with Gasteiger partial charge >= 0.3 is 0 Å². The van der Waals surface area contributed by atoms with Gasteiger partial charge in [0, 0.05) is 0 Å². The molecule has 0 aliphatic carbocycles. The summed E-state index contributed by atoms with van der Waals surface area (Å²) in [7, 11) is 0. The van der Waals surface area contributed by atoms with Gasteiger partial charge in [-0.1, -0.05) is 0 Å². The lowest BCUT2D eigenvalue weighted by Crippen LogP contribution is -2.64. The molecule has 50 heteroatoms. The van der Waals surface area contributed by atoms with Crippen LogP contribution in [0, 0.1) is 0 Å². The molecule has 110 heavy (non-hydrogen) atoms. The van der Waals surface area contributed by atoms with Gasteiger partial charge in [0.1, 0.15) is 244 Å². The van der Waals surface area contributed by atoms with Crippen molar-refractivity contribution in [3.8, 4) is 0 Å². The quantitative estimate of drug-likeness (QED) is 0.107. The van der Waals surface area contributed by atoms with Gasteiger partial charge < -0.3 is 248 Å². The monoisotopic (exact) mass is 1620 g/mol. The highest BCUT2D eigenvalue weighted by Crippen LogP contribution is 2.36. The minimum Gasteiger partial charge on any atom is -0.387 e. The van der Waals surface area contributed by atoms with E-state index in [1.165, 1.54) is 0 Å². The molecule has 50 atom stereocenters. The van der Waals surface area contributed by atoms with Crippen LogP contribution in [0.1, 0.15) is 0 Å². The van der Waals surface area contributed by atoms with E-state index in [0.29, 0.717) is 0 Å².